The molecule has 2 heteroatoms. The van der Waals surface area contributed by atoms with Gasteiger partial charge in [-0.3, -0.25) is 4.98 Å². The highest BCUT2D eigenvalue weighted by molar-refractivity contribution is 5.61. The van der Waals surface area contributed by atoms with E-state index in [0.717, 1.165) is 23.5 Å². The van der Waals surface area contributed by atoms with Crippen molar-refractivity contribution in [3.05, 3.63) is 30.1 Å². The third-order valence-corrected chi connectivity index (χ3v) is 1.81. The average molecular weight is 162 g/mol. The molecule has 0 atom stereocenters. The number of pyridine rings is 1. The second-order valence-corrected chi connectivity index (χ2v) is 2.54. The van der Waals surface area contributed by atoms with Crippen LogP contribution in [0.2, 0.25) is 0 Å². The van der Waals surface area contributed by atoms with Crippen LogP contribution in [0.5, 0.6) is 0 Å². The van der Waals surface area contributed by atoms with E-state index in [1.165, 1.54) is 0 Å². The first kappa shape index (κ1) is 8.78. The van der Waals surface area contributed by atoms with Crippen molar-refractivity contribution in [3.63, 3.8) is 0 Å². The summed E-state index contributed by atoms with van der Waals surface area (Å²) in [4.78, 5) is 4.40. The van der Waals surface area contributed by atoms with Gasteiger partial charge in [0.2, 0.25) is 0 Å². The van der Waals surface area contributed by atoms with E-state index in [4.69, 9.17) is 0 Å². The lowest BCUT2D eigenvalue weighted by molar-refractivity contribution is 1.03. The molecule has 0 aliphatic rings. The lowest BCUT2D eigenvalue weighted by atomic mass is 10.2. The van der Waals surface area contributed by atoms with Crippen LogP contribution in [0.3, 0.4) is 0 Å². The van der Waals surface area contributed by atoms with Crippen molar-refractivity contribution < 1.29 is 0 Å². The largest absolute Gasteiger partial charge is 0.386 e. The molecule has 0 saturated heterocycles. The number of nitrogens with one attached hydrogen (secondary N) is 1. The fourth-order valence-corrected chi connectivity index (χ4v) is 1.08. The maximum atomic E-state index is 4.40. The molecular formula is C10H14N2. The Morgan fingerprint density at radius 3 is 2.83 bits per heavy atom. The molecule has 1 N–H and O–H groups in total. The minimum atomic E-state index is 0.928. The Kier molecular flexibility index (Phi) is 2.86. The second kappa shape index (κ2) is 3.90. The predicted octanol–water partition coefficient (Wildman–Crippen LogP) is 2.33. The first-order valence-electron chi connectivity index (χ1n) is 4.12. The van der Waals surface area contributed by atoms with Gasteiger partial charge >= 0.3 is 0 Å². The molecule has 1 aromatic heterocycles. The maximum absolute atomic E-state index is 4.40. The molecule has 0 unspecified atom stereocenters. The van der Waals surface area contributed by atoms with E-state index in [1.807, 2.05) is 19.2 Å². The van der Waals surface area contributed by atoms with Crippen LogP contribution in [0, 0.1) is 0 Å². The van der Waals surface area contributed by atoms with Gasteiger partial charge in [-0.1, -0.05) is 13.5 Å². The molecule has 0 amide bonds. The summed E-state index contributed by atoms with van der Waals surface area (Å²) in [6.45, 7) is 5.80. The monoisotopic (exact) mass is 162 g/mol. The number of hydrogen-bond donors (Lipinski definition) is 1. The number of anilines is 1. The van der Waals surface area contributed by atoms with Gasteiger partial charge in [0.1, 0.15) is 0 Å². The molecule has 1 heterocycles. The van der Waals surface area contributed by atoms with E-state index in [1.54, 1.807) is 6.08 Å². The maximum Gasteiger partial charge on any atom is 0.0858 e. The lowest BCUT2D eigenvalue weighted by Gasteiger charge is -2.05. The normalized spacial score (nSPS) is 9.50. The van der Waals surface area contributed by atoms with Gasteiger partial charge in [0.05, 0.1) is 11.4 Å². The summed E-state index contributed by atoms with van der Waals surface area (Å²) in [6, 6.07) is 4.06. The van der Waals surface area contributed by atoms with Crippen LogP contribution in [0.4, 0.5) is 5.69 Å². The number of hydrogen-bond acceptors (Lipinski definition) is 2. The Bertz CT molecular complexity index is 279. The van der Waals surface area contributed by atoms with Crippen LogP contribution in [-0.2, 0) is 6.42 Å². The minimum Gasteiger partial charge on any atom is -0.386 e. The molecular weight excluding hydrogens is 148 g/mol. The summed E-state index contributed by atoms with van der Waals surface area (Å²) in [5, 5.41) is 3.06. The first-order chi connectivity index (χ1) is 5.81. The minimum absolute atomic E-state index is 0.928. The number of nitrogens with zero attached hydrogens (tertiary/aromatic N) is 1. The Labute approximate surface area is 73.3 Å². The molecule has 12 heavy (non-hydrogen) atoms. The average Bonchev–Trinajstić information content (AvgIpc) is 2.16. The summed E-state index contributed by atoms with van der Waals surface area (Å²) in [6.07, 6.45) is 2.73. The van der Waals surface area contributed by atoms with Crippen molar-refractivity contribution in [3.8, 4) is 0 Å². The second-order valence-electron chi connectivity index (χ2n) is 2.54. The fraction of sp³-hybridized carbons (Fsp3) is 0.300. The van der Waals surface area contributed by atoms with Gasteiger partial charge in [-0.05, 0) is 24.6 Å². The molecule has 0 fully saturated rings. The quantitative estimate of drug-likeness (QED) is 0.737. The van der Waals surface area contributed by atoms with Crippen LogP contribution in [-0.4, -0.2) is 12.0 Å². The Morgan fingerprint density at radius 2 is 2.33 bits per heavy atom. The highest BCUT2D eigenvalue weighted by Gasteiger charge is 1.98. The molecule has 0 aliphatic carbocycles. The van der Waals surface area contributed by atoms with Crippen molar-refractivity contribution in [2.75, 3.05) is 12.4 Å². The van der Waals surface area contributed by atoms with Crippen LogP contribution >= 0.6 is 0 Å². The van der Waals surface area contributed by atoms with Crippen LogP contribution in [0.15, 0.2) is 18.7 Å². The number of aromatic nitrogens is 1. The zero-order valence-corrected chi connectivity index (χ0v) is 7.59. The molecule has 1 rings (SSSR count). The van der Waals surface area contributed by atoms with Crippen molar-refractivity contribution in [2.45, 2.75) is 13.3 Å². The van der Waals surface area contributed by atoms with E-state index in [0.29, 0.717) is 0 Å². The first-order valence-corrected chi connectivity index (χ1v) is 4.12. The Hall–Kier alpha value is -1.31. The van der Waals surface area contributed by atoms with E-state index in [-0.39, 0.29) is 0 Å². The highest BCUT2D eigenvalue weighted by atomic mass is 14.9. The standard InChI is InChI=1S/C10H14N2/c1-4-8-6-7-10(11-3)9(5-2)12-8/h5-7,11H,2,4H2,1,3H3. The Morgan fingerprint density at radius 1 is 1.58 bits per heavy atom. The van der Waals surface area contributed by atoms with E-state index in [2.05, 4.69) is 23.8 Å². The molecule has 0 aromatic carbocycles. The van der Waals surface area contributed by atoms with Gasteiger partial charge in [-0.15, -0.1) is 0 Å². The summed E-state index contributed by atoms with van der Waals surface area (Å²) in [7, 11) is 1.88. The number of aryl methyl sites for hydroxylation is 1. The van der Waals surface area contributed by atoms with Crippen molar-refractivity contribution >= 4 is 11.8 Å². The van der Waals surface area contributed by atoms with Gasteiger partial charge in [-0.25, -0.2) is 0 Å². The summed E-state index contributed by atoms with van der Waals surface area (Å²) < 4.78 is 0. The third-order valence-electron chi connectivity index (χ3n) is 1.81. The van der Waals surface area contributed by atoms with E-state index >= 15 is 0 Å². The summed E-state index contributed by atoms with van der Waals surface area (Å²) in [5.74, 6) is 0. The van der Waals surface area contributed by atoms with Gasteiger partial charge in [0.25, 0.3) is 0 Å². The number of rotatable bonds is 3. The highest BCUT2D eigenvalue weighted by Crippen LogP contribution is 2.14. The zero-order valence-electron chi connectivity index (χ0n) is 7.59. The molecule has 0 aliphatic heterocycles. The predicted molar refractivity (Wildman–Crippen MR) is 53.3 cm³/mol. The van der Waals surface area contributed by atoms with Crippen LogP contribution in [0.25, 0.3) is 6.08 Å². The van der Waals surface area contributed by atoms with Gasteiger partial charge < -0.3 is 5.32 Å². The van der Waals surface area contributed by atoms with Crippen LogP contribution in [0.1, 0.15) is 18.3 Å². The van der Waals surface area contributed by atoms with Crippen LogP contribution < -0.4 is 5.32 Å². The molecule has 0 radical (unpaired) electrons. The summed E-state index contributed by atoms with van der Waals surface area (Å²) >= 11 is 0. The van der Waals surface area contributed by atoms with Gasteiger partial charge in [0.15, 0.2) is 0 Å². The topological polar surface area (TPSA) is 24.9 Å². The smallest absolute Gasteiger partial charge is 0.0858 e. The zero-order chi connectivity index (χ0) is 8.97. The van der Waals surface area contributed by atoms with Crippen molar-refractivity contribution in [1.82, 2.24) is 4.98 Å². The van der Waals surface area contributed by atoms with Crippen molar-refractivity contribution in [1.29, 1.82) is 0 Å². The molecule has 0 spiro atoms. The molecule has 0 bridgehead atoms. The van der Waals surface area contributed by atoms with Gasteiger partial charge in [0, 0.05) is 12.7 Å². The molecule has 0 saturated carbocycles. The fourth-order valence-electron chi connectivity index (χ4n) is 1.08. The Balaban J connectivity index is 3.10. The summed E-state index contributed by atoms with van der Waals surface area (Å²) in [5.41, 5.74) is 3.06. The third kappa shape index (κ3) is 1.64. The molecule has 2 nitrogen and oxygen atoms in total. The van der Waals surface area contributed by atoms with E-state index in [9.17, 15) is 0 Å². The van der Waals surface area contributed by atoms with Gasteiger partial charge in [-0.2, -0.15) is 0 Å². The molecule has 64 valence electrons. The van der Waals surface area contributed by atoms with E-state index < -0.39 is 0 Å². The van der Waals surface area contributed by atoms with Crippen molar-refractivity contribution in [2.24, 2.45) is 0 Å². The SMILES string of the molecule is C=Cc1nc(CC)ccc1NC. The lowest BCUT2D eigenvalue weighted by Crippen LogP contribution is -1.96. The molecule has 1 aromatic rings.